The van der Waals surface area contributed by atoms with Crippen LogP contribution in [0.4, 0.5) is 0 Å². The molecule has 2 N–H and O–H groups in total. The van der Waals surface area contributed by atoms with E-state index < -0.39 is 0 Å². The average Bonchev–Trinajstić information content (AvgIpc) is 2.72. The number of hydrogen-bond donors (Lipinski definition) is 2. The Balaban J connectivity index is 1.99. The van der Waals surface area contributed by atoms with E-state index in [1.165, 1.54) is 5.56 Å². The van der Waals surface area contributed by atoms with Crippen molar-refractivity contribution in [3.05, 3.63) is 42.2 Å². The van der Waals surface area contributed by atoms with Crippen LogP contribution in [0.2, 0.25) is 0 Å². The molecule has 0 unspecified atom stereocenters. The second-order valence-corrected chi connectivity index (χ2v) is 3.05. The van der Waals surface area contributed by atoms with Crippen molar-refractivity contribution < 1.29 is 4.74 Å². The Hall–Kier alpha value is -1.68. The van der Waals surface area contributed by atoms with Crippen molar-refractivity contribution in [1.82, 2.24) is 16.0 Å². The van der Waals surface area contributed by atoms with E-state index in [0.717, 1.165) is 12.3 Å². The quantitative estimate of drug-likeness (QED) is 0.747. The lowest BCUT2D eigenvalue weighted by Crippen LogP contribution is -2.34. The van der Waals surface area contributed by atoms with Gasteiger partial charge in [0.1, 0.15) is 5.75 Å². The molecule has 1 aromatic rings. The highest BCUT2D eigenvalue weighted by molar-refractivity contribution is 5.27. The fourth-order valence-corrected chi connectivity index (χ4v) is 1.30. The van der Waals surface area contributed by atoms with Crippen LogP contribution in [-0.4, -0.2) is 12.1 Å². The minimum Gasteiger partial charge on any atom is -0.497 e. The summed E-state index contributed by atoms with van der Waals surface area (Å²) >= 11 is 0. The van der Waals surface area contributed by atoms with Crippen molar-refractivity contribution in [2.75, 3.05) is 7.11 Å². The van der Waals surface area contributed by atoms with Crippen LogP contribution < -0.4 is 15.7 Å². The molecule has 4 nitrogen and oxygen atoms in total. The number of hydrazine groups is 2. The van der Waals surface area contributed by atoms with E-state index in [-0.39, 0.29) is 0 Å². The first-order chi connectivity index (χ1) is 6.88. The first kappa shape index (κ1) is 8.90. The van der Waals surface area contributed by atoms with E-state index in [4.69, 9.17) is 4.74 Å². The van der Waals surface area contributed by atoms with Gasteiger partial charge in [-0.15, -0.1) is 5.53 Å². The third-order valence-corrected chi connectivity index (χ3v) is 2.06. The van der Waals surface area contributed by atoms with Crippen LogP contribution in [0.25, 0.3) is 0 Å². The van der Waals surface area contributed by atoms with E-state index in [1.807, 2.05) is 41.7 Å². The lowest BCUT2D eigenvalue weighted by Gasteiger charge is -2.15. The van der Waals surface area contributed by atoms with Crippen molar-refractivity contribution in [3.8, 4) is 5.75 Å². The lowest BCUT2D eigenvalue weighted by atomic mass is 10.2. The number of rotatable bonds is 3. The number of methoxy groups -OCH3 is 1. The summed E-state index contributed by atoms with van der Waals surface area (Å²) in [6.45, 7) is 0.827. The van der Waals surface area contributed by atoms with Gasteiger partial charge in [-0.25, -0.2) is 0 Å². The molecule has 0 radical (unpaired) electrons. The minimum atomic E-state index is 0.827. The molecule has 0 bridgehead atoms. The zero-order valence-electron chi connectivity index (χ0n) is 8.03. The van der Waals surface area contributed by atoms with Gasteiger partial charge in [-0.3, -0.25) is 5.01 Å². The normalized spacial score (nSPS) is 14.2. The van der Waals surface area contributed by atoms with Crippen LogP contribution in [0, 0.1) is 0 Å². The highest BCUT2D eigenvalue weighted by Crippen LogP contribution is 2.12. The maximum atomic E-state index is 5.08. The lowest BCUT2D eigenvalue weighted by molar-refractivity contribution is 0.264. The Morgan fingerprint density at radius 1 is 1.29 bits per heavy atom. The highest BCUT2D eigenvalue weighted by atomic mass is 16.5. The van der Waals surface area contributed by atoms with Gasteiger partial charge in [-0.05, 0) is 17.7 Å². The average molecular weight is 191 g/mol. The van der Waals surface area contributed by atoms with Crippen LogP contribution in [0.1, 0.15) is 5.56 Å². The molecule has 0 spiro atoms. The van der Waals surface area contributed by atoms with Crippen molar-refractivity contribution >= 4 is 0 Å². The molecule has 1 aromatic carbocycles. The maximum absolute atomic E-state index is 5.08. The van der Waals surface area contributed by atoms with Gasteiger partial charge in [-0.1, -0.05) is 12.1 Å². The summed E-state index contributed by atoms with van der Waals surface area (Å²) in [4.78, 5) is 0. The van der Waals surface area contributed by atoms with Crippen molar-refractivity contribution in [2.45, 2.75) is 6.54 Å². The van der Waals surface area contributed by atoms with Gasteiger partial charge >= 0.3 is 0 Å². The van der Waals surface area contributed by atoms with Gasteiger partial charge in [0.05, 0.1) is 13.7 Å². The summed E-state index contributed by atoms with van der Waals surface area (Å²) in [6, 6.07) is 8.02. The molecule has 14 heavy (non-hydrogen) atoms. The number of nitrogens with zero attached hydrogens (tertiary/aromatic N) is 1. The SMILES string of the molecule is COc1ccc(CN2C=CNN2)cc1. The molecule has 0 aliphatic carbocycles. The fraction of sp³-hybridized carbons (Fsp3) is 0.200. The zero-order valence-corrected chi connectivity index (χ0v) is 8.03. The second kappa shape index (κ2) is 4.02. The van der Waals surface area contributed by atoms with Crippen molar-refractivity contribution in [1.29, 1.82) is 0 Å². The molecular weight excluding hydrogens is 178 g/mol. The van der Waals surface area contributed by atoms with Crippen LogP contribution in [-0.2, 0) is 6.54 Å². The molecule has 0 fully saturated rings. The van der Waals surface area contributed by atoms with Crippen LogP contribution >= 0.6 is 0 Å². The van der Waals surface area contributed by atoms with E-state index in [2.05, 4.69) is 11.0 Å². The van der Waals surface area contributed by atoms with E-state index in [1.54, 1.807) is 7.11 Å². The van der Waals surface area contributed by atoms with Gasteiger partial charge in [0, 0.05) is 12.4 Å². The zero-order chi connectivity index (χ0) is 9.80. The molecule has 1 aliphatic rings. The molecule has 4 heteroatoms. The van der Waals surface area contributed by atoms with Crippen molar-refractivity contribution in [3.63, 3.8) is 0 Å². The molecule has 0 atom stereocenters. The summed E-state index contributed by atoms with van der Waals surface area (Å²) in [7, 11) is 1.67. The molecule has 0 amide bonds. The Morgan fingerprint density at radius 2 is 2.07 bits per heavy atom. The fourth-order valence-electron chi connectivity index (χ4n) is 1.30. The van der Waals surface area contributed by atoms with Crippen LogP contribution in [0.5, 0.6) is 5.75 Å². The van der Waals surface area contributed by atoms with Gasteiger partial charge in [0.15, 0.2) is 0 Å². The molecule has 2 rings (SSSR count). The molecular formula is C10H13N3O. The van der Waals surface area contributed by atoms with E-state index in [9.17, 15) is 0 Å². The summed E-state index contributed by atoms with van der Waals surface area (Å²) in [6.07, 6.45) is 3.80. The van der Waals surface area contributed by atoms with Gasteiger partial charge in [0.2, 0.25) is 0 Å². The summed E-state index contributed by atoms with van der Waals surface area (Å²) < 4.78 is 5.08. The first-order valence-corrected chi connectivity index (χ1v) is 4.46. The largest absolute Gasteiger partial charge is 0.497 e. The van der Waals surface area contributed by atoms with Crippen molar-refractivity contribution in [2.24, 2.45) is 0 Å². The molecule has 0 saturated carbocycles. The molecule has 0 aromatic heterocycles. The second-order valence-electron chi connectivity index (χ2n) is 3.05. The van der Waals surface area contributed by atoms with E-state index in [0.29, 0.717) is 0 Å². The third kappa shape index (κ3) is 1.97. The first-order valence-electron chi connectivity index (χ1n) is 4.46. The summed E-state index contributed by atoms with van der Waals surface area (Å²) in [5.41, 5.74) is 7.09. The molecule has 1 aliphatic heterocycles. The van der Waals surface area contributed by atoms with Gasteiger partial charge < -0.3 is 10.2 Å². The third-order valence-electron chi connectivity index (χ3n) is 2.06. The summed E-state index contributed by atoms with van der Waals surface area (Å²) in [5, 5.41) is 1.96. The number of hydrogen-bond acceptors (Lipinski definition) is 4. The molecule has 1 heterocycles. The Kier molecular flexibility index (Phi) is 2.55. The highest BCUT2D eigenvalue weighted by Gasteiger charge is 2.03. The predicted octanol–water partition coefficient (Wildman–Crippen LogP) is 0.991. The van der Waals surface area contributed by atoms with Crippen LogP contribution in [0.3, 0.4) is 0 Å². The number of benzene rings is 1. The van der Waals surface area contributed by atoms with Gasteiger partial charge in [0.25, 0.3) is 0 Å². The molecule has 74 valence electrons. The predicted molar refractivity (Wildman–Crippen MR) is 53.9 cm³/mol. The number of nitrogens with one attached hydrogen (secondary N) is 2. The number of ether oxygens (including phenoxy) is 1. The standard InChI is InChI=1S/C10H13N3O/c1-14-10-4-2-9(3-5-10)8-13-7-6-11-12-13/h2-7,11-12H,8H2,1H3. The monoisotopic (exact) mass is 191 g/mol. The summed E-state index contributed by atoms with van der Waals surface area (Å²) in [5.74, 6) is 0.886. The van der Waals surface area contributed by atoms with E-state index >= 15 is 0 Å². The Bertz CT molecular complexity index is 321. The maximum Gasteiger partial charge on any atom is 0.118 e. The Labute approximate surface area is 83.1 Å². The molecule has 0 saturated heterocycles. The topological polar surface area (TPSA) is 36.5 Å². The minimum absolute atomic E-state index is 0.827. The van der Waals surface area contributed by atoms with Gasteiger partial charge in [-0.2, -0.15) is 0 Å². The van der Waals surface area contributed by atoms with Crippen LogP contribution in [0.15, 0.2) is 36.7 Å². The Morgan fingerprint density at radius 3 is 2.64 bits per heavy atom. The smallest absolute Gasteiger partial charge is 0.118 e.